The van der Waals surface area contributed by atoms with E-state index in [1.54, 1.807) is 11.3 Å². The molecule has 1 saturated heterocycles. The van der Waals surface area contributed by atoms with Crippen LogP contribution < -0.4 is 0 Å². The molecule has 88 valence electrons. The van der Waals surface area contributed by atoms with Gasteiger partial charge in [0.25, 0.3) is 0 Å². The van der Waals surface area contributed by atoms with Crippen LogP contribution in [0.1, 0.15) is 17.7 Å². The number of esters is 1. The zero-order chi connectivity index (χ0) is 11.5. The Morgan fingerprint density at radius 1 is 1.62 bits per heavy atom. The zero-order valence-electron chi connectivity index (χ0n) is 9.68. The molecule has 4 heteroatoms. The number of carbonyl (C=O) groups is 1. The fraction of sp³-hybridized carbons (Fsp3) is 0.583. The standard InChI is InChI=1S/C12H17NO2S/c1-3-15-12(14)10-8-13(2)7-9(10)11-5-4-6-16-11/h4-6,9-10H,3,7-8H2,1-2H3. The summed E-state index contributed by atoms with van der Waals surface area (Å²) in [6.45, 7) is 4.08. The average Bonchev–Trinajstić information content (AvgIpc) is 2.85. The van der Waals surface area contributed by atoms with E-state index in [1.807, 2.05) is 13.0 Å². The number of ether oxygens (including phenoxy) is 1. The van der Waals surface area contributed by atoms with E-state index in [-0.39, 0.29) is 11.9 Å². The number of hydrogen-bond acceptors (Lipinski definition) is 4. The third kappa shape index (κ3) is 2.28. The van der Waals surface area contributed by atoms with E-state index in [1.165, 1.54) is 4.88 Å². The first-order valence-electron chi connectivity index (χ1n) is 5.61. The molecule has 0 amide bonds. The smallest absolute Gasteiger partial charge is 0.310 e. The van der Waals surface area contributed by atoms with Gasteiger partial charge in [0.1, 0.15) is 0 Å². The minimum Gasteiger partial charge on any atom is -0.466 e. The number of rotatable bonds is 3. The second-order valence-corrected chi connectivity index (χ2v) is 5.18. The van der Waals surface area contributed by atoms with Crippen molar-refractivity contribution >= 4 is 17.3 Å². The van der Waals surface area contributed by atoms with Crippen LogP contribution in [0, 0.1) is 5.92 Å². The maximum Gasteiger partial charge on any atom is 0.310 e. The van der Waals surface area contributed by atoms with Gasteiger partial charge in [-0.25, -0.2) is 0 Å². The van der Waals surface area contributed by atoms with Crippen molar-refractivity contribution in [1.82, 2.24) is 4.90 Å². The molecule has 3 nitrogen and oxygen atoms in total. The molecule has 1 aromatic rings. The summed E-state index contributed by atoms with van der Waals surface area (Å²) in [7, 11) is 2.06. The van der Waals surface area contributed by atoms with Crippen molar-refractivity contribution < 1.29 is 9.53 Å². The van der Waals surface area contributed by atoms with Crippen LogP contribution in [0.5, 0.6) is 0 Å². The van der Waals surface area contributed by atoms with Crippen molar-refractivity contribution in [3.8, 4) is 0 Å². The van der Waals surface area contributed by atoms with E-state index in [2.05, 4.69) is 23.4 Å². The van der Waals surface area contributed by atoms with Gasteiger partial charge >= 0.3 is 5.97 Å². The molecule has 0 aromatic carbocycles. The summed E-state index contributed by atoms with van der Waals surface area (Å²) in [4.78, 5) is 15.3. The molecule has 1 aromatic heterocycles. The number of carbonyl (C=O) groups excluding carboxylic acids is 1. The Kier molecular flexibility index (Phi) is 3.61. The second kappa shape index (κ2) is 4.97. The fourth-order valence-corrected chi connectivity index (χ4v) is 3.16. The molecule has 0 radical (unpaired) electrons. The Labute approximate surface area is 100 Å². The van der Waals surface area contributed by atoms with Gasteiger partial charge in [0.2, 0.25) is 0 Å². The molecule has 1 fully saturated rings. The van der Waals surface area contributed by atoms with Crippen LogP contribution in [0.2, 0.25) is 0 Å². The molecule has 1 aliphatic heterocycles. The van der Waals surface area contributed by atoms with Crippen LogP contribution in [0.25, 0.3) is 0 Å². The maximum absolute atomic E-state index is 11.9. The summed E-state index contributed by atoms with van der Waals surface area (Å²) in [6.07, 6.45) is 0. The summed E-state index contributed by atoms with van der Waals surface area (Å²) >= 11 is 1.73. The van der Waals surface area contributed by atoms with Crippen LogP contribution in [0.15, 0.2) is 17.5 Å². The van der Waals surface area contributed by atoms with Crippen molar-refractivity contribution in [2.24, 2.45) is 5.92 Å². The van der Waals surface area contributed by atoms with Gasteiger partial charge in [0.05, 0.1) is 12.5 Å². The highest BCUT2D eigenvalue weighted by atomic mass is 32.1. The first-order chi connectivity index (χ1) is 7.72. The summed E-state index contributed by atoms with van der Waals surface area (Å²) in [5.74, 6) is 0.262. The van der Waals surface area contributed by atoms with Crippen molar-refractivity contribution in [2.75, 3.05) is 26.7 Å². The van der Waals surface area contributed by atoms with Crippen LogP contribution >= 0.6 is 11.3 Å². The van der Waals surface area contributed by atoms with Gasteiger partial charge in [-0.3, -0.25) is 4.79 Å². The lowest BCUT2D eigenvalue weighted by atomic mass is 9.95. The summed E-state index contributed by atoms with van der Waals surface area (Å²) < 4.78 is 5.14. The first-order valence-corrected chi connectivity index (χ1v) is 6.49. The summed E-state index contributed by atoms with van der Waals surface area (Å²) in [5.41, 5.74) is 0. The highest BCUT2D eigenvalue weighted by molar-refractivity contribution is 7.10. The van der Waals surface area contributed by atoms with E-state index in [9.17, 15) is 4.79 Å². The van der Waals surface area contributed by atoms with Crippen molar-refractivity contribution in [3.05, 3.63) is 22.4 Å². The molecule has 2 unspecified atom stereocenters. The predicted molar refractivity (Wildman–Crippen MR) is 64.7 cm³/mol. The van der Waals surface area contributed by atoms with E-state index in [0.717, 1.165) is 13.1 Å². The molecule has 2 atom stereocenters. The lowest BCUT2D eigenvalue weighted by Crippen LogP contribution is -2.24. The van der Waals surface area contributed by atoms with E-state index >= 15 is 0 Å². The SMILES string of the molecule is CCOC(=O)C1CN(C)CC1c1cccs1. The summed E-state index contributed by atoms with van der Waals surface area (Å²) in [5, 5.41) is 2.07. The Bertz CT molecular complexity index is 350. The van der Waals surface area contributed by atoms with Gasteiger partial charge in [-0.2, -0.15) is 0 Å². The number of likely N-dealkylation sites (tertiary alicyclic amines) is 1. The molecule has 0 aliphatic carbocycles. The molecule has 0 saturated carbocycles. The Hall–Kier alpha value is -0.870. The monoisotopic (exact) mass is 239 g/mol. The molecule has 2 heterocycles. The molecule has 16 heavy (non-hydrogen) atoms. The third-order valence-electron chi connectivity index (χ3n) is 3.00. The number of thiophene rings is 1. The lowest BCUT2D eigenvalue weighted by Gasteiger charge is -2.15. The average molecular weight is 239 g/mol. The molecular formula is C12H17NO2S. The highest BCUT2D eigenvalue weighted by Gasteiger charge is 2.38. The third-order valence-corrected chi connectivity index (χ3v) is 4.00. The van der Waals surface area contributed by atoms with Gasteiger partial charge in [-0.1, -0.05) is 6.07 Å². The van der Waals surface area contributed by atoms with Crippen molar-refractivity contribution in [1.29, 1.82) is 0 Å². The van der Waals surface area contributed by atoms with Crippen molar-refractivity contribution in [2.45, 2.75) is 12.8 Å². The normalized spacial score (nSPS) is 25.9. The van der Waals surface area contributed by atoms with Crippen LogP contribution in [-0.4, -0.2) is 37.6 Å². The van der Waals surface area contributed by atoms with Crippen LogP contribution in [-0.2, 0) is 9.53 Å². The number of likely N-dealkylation sites (N-methyl/N-ethyl adjacent to an activating group) is 1. The van der Waals surface area contributed by atoms with Gasteiger partial charge in [0.15, 0.2) is 0 Å². The quantitative estimate of drug-likeness (QED) is 0.755. The number of nitrogens with zero attached hydrogens (tertiary/aromatic N) is 1. The van der Waals surface area contributed by atoms with Crippen LogP contribution in [0.3, 0.4) is 0 Å². The molecule has 2 rings (SSSR count). The Morgan fingerprint density at radius 3 is 3.06 bits per heavy atom. The molecular weight excluding hydrogens is 222 g/mol. The molecule has 0 N–H and O–H groups in total. The highest BCUT2D eigenvalue weighted by Crippen LogP contribution is 2.35. The second-order valence-electron chi connectivity index (χ2n) is 4.20. The van der Waals surface area contributed by atoms with E-state index in [4.69, 9.17) is 4.74 Å². The van der Waals surface area contributed by atoms with E-state index in [0.29, 0.717) is 12.5 Å². The predicted octanol–water partition coefficient (Wildman–Crippen LogP) is 1.96. The zero-order valence-corrected chi connectivity index (χ0v) is 10.5. The minimum atomic E-state index is -0.0507. The molecule has 0 spiro atoms. The summed E-state index contributed by atoms with van der Waals surface area (Å²) in [6, 6.07) is 4.15. The first kappa shape index (κ1) is 11.6. The van der Waals surface area contributed by atoms with E-state index < -0.39 is 0 Å². The maximum atomic E-state index is 11.9. The lowest BCUT2D eigenvalue weighted by molar-refractivity contribution is -0.147. The molecule has 0 bridgehead atoms. The number of hydrogen-bond donors (Lipinski definition) is 0. The van der Waals surface area contributed by atoms with Crippen molar-refractivity contribution in [3.63, 3.8) is 0 Å². The minimum absolute atomic E-state index is 0.00333. The Morgan fingerprint density at radius 2 is 2.44 bits per heavy atom. The fourth-order valence-electron chi connectivity index (χ4n) is 2.28. The largest absolute Gasteiger partial charge is 0.466 e. The van der Waals surface area contributed by atoms with Crippen LogP contribution in [0.4, 0.5) is 0 Å². The van der Waals surface area contributed by atoms with Gasteiger partial charge in [0, 0.05) is 23.9 Å². The Balaban J connectivity index is 2.13. The van der Waals surface area contributed by atoms with Gasteiger partial charge in [-0.15, -0.1) is 11.3 Å². The molecule has 1 aliphatic rings. The topological polar surface area (TPSA) is 29.5 Å². The van der Waals surface area contributed by atoms with Gasteiger partial charge in [-0.05, 0) is 25.4 Å². The van der Waals surface area contributed by atoms with Gasteiger partial charge < -0.3 is 9.64 Å².